The maximum absolute atomic E-state index is 13.7. The molecule has 2 aromatic carbocycles. The Hall–Kier alpha value is -4.17. The maximum atomic E-state index is 13.7. The molecule has 182 valence electrons. The monoisotopic (exact) mass is 500 g/mol. The van der Waals surface area contributed by atoms with Crippen LogP contribution in [0.15, 0.2) is 92.8 Å². The number of aromatic nitrogens is 1. The number of esters is 1. The maximum Gasteiger partial charge on any atom is 0.338 e. The number of carbonyl (C=O) groups is 1. The van der Waals surface area contributed by atoms with Crippen molar-refractivity contribution in [3.8, 4) is 5.75 Å². The fraction of sp³-hybridized carbons (Fsp3) is 0.179. The van der Waals surface area contributed by atoms with E-state index in [2.05, 4.69) is 0 Å². The molecule has 3 heterocycles. The minimum atomic E-state index is -0.732. The highest BCUT2D eigenvalue weighted by molar-refractivity contribution is 7.07. The topological polar surface area (TPSA) is 83.0 Å². The number of ether oxygens (including phenoxy) is 2. The molecule has 4 aromatic rings. The summed E-state index contributed by atoms with van der Waals surface area (Å²) in [5, 5.41) is 0. The van der Waals surface area contributed by atoms with Crippen molar-refractivity contribution in [3.05, 3.63) is 115 Å². The first-order valence-corrected chi connectivity index (χ1v) is 12.5. The van der Waals surface area contributed by atoms with E-state index in [0.717, 1.165) is 11.1 Å². The van der Waals surface area contributed by atoms with Crippen LogP contribution in [0.5, 0.6) is 5.75 Å². The fourth-order valence-electron chi connectivity index (χ4n) is 4.17. The summed E-state index contributed by atoms with van der Waals surface area (Å²) in [6.07, 6.45) is 3.24. The Morgan fingerprint density at radius 3 is 2.50 bits per heavy atom. The molecule has 0 saturated carbocycles. The molecule has 1 atom stereocenters. The SMILES string of the molecule is CCOC(=O)C1=C(c2ccccc2)N=c2s/c(=C/c3ccco3)c(=O)n2C1c1ccc(OCC)cc1. The molecule has 0 radical (unpaired) electrons. The molecule has 0 amide bonds. The van der Waals surface area contributed by atoms with Crippen LogP contribution in [-0.2, 0) is 9.53 Å². The van der Waals surface area contributed by atoms with Gasteiger partial charge in [-0.25, -0.2) is 9.79 Å². The quantitative estimate of drug-likeness (QED) is 0.359. The van der Waals surface area contributed by atoms with E-state index in [4.69, 9.17) is 18.9 Å². The number of furan rings is 1. The van der Waals surface area contributed by atoms with Gasteiger partial charge in [0.2, 0.25) is 0 Å². The molecular weight excluding hydrogens is 476 g/mol. The lowest BCUT2D eigenvalue weighted by Gasteiger charge is -2.26. The molecular formula is C28H24N2O5S. The molecule has 0 N–H and O–H groups in total. The number of nitrogens with zero attached hydrogens (tertiary/aromatic N) is 2. The standard InChI is InChI=1S/C28H24N2O5S/c1-3-33-20-14-12-19(13-15-20)25-23(27(32)34-4-2)24(18-9-6-5-7-10-18)29-28-30(25)26(31)22(36-28)17-21-11-8-16-35-21/h5-17,25H,3-4H2,1-2H3/b22-17+. The molecule has 0 fully saturated rings. The van der Waals surface area contributed by atoms with Gasteiger partial charge in [0.1, 0.15) is 11.5 Å². The van der Waals surface area contributed by atoms with E-state index in [1.807, 2.05) is 61.5 Å². The number of fused-ring (bicyclic) bond motifs is 1. The average Bonchev–Trinajstić information content (AvgIpc) is 3.52. The van der Waals surface area contributed by atoms with Crippen LogP contribution < -0.4 is 19.6 Å². The lowest BCUT2D eigenvalue weighted by molar-refractivity contribution is -0.138. The zero-order valence-electron chi connectivity index (χ0n) is 19.8. The van der Waals surface area contributed by atoms with Gasteiger partial charge >= 0.3 is 5.97 Å². The van der Waals surface area contributed by atoms with Crippen molar-refractivity contribution in [2.24, 2.45) is 4.99 Å². The van der Waals surface area contributed by atoms with Crippen LogP contribution in [0.4, 0.5) is 0 Å². The van der Waals surface area contributed by atoms with E-state index in [9.17, 15) is 9.59 Å². The third-order valence-electron chi connectivity index (χ3n) is 5.70. The first kappa shape index (κ1) is 23.6. The van der Waals surface area contributed by atoms with Crippen LogP contribution in [0.2, 0.25) is 0 Å². The number of hydrogen-bond donors (Lipinski definition) is 0. The molecule has 8 heteroatoms. The summed E-state index contributed by atoms with van der Waals surface area (Å²) < 4.78 is 18.5. The van der Waals surface area contributed by atoms with Gasteiger partial charge < -0.3 is 13.9 Å². The number of rotatable bonds is 7. The van der Waals surface area contributed by atoms with Crippen LogP contribution in [0.1, 0.15) is 36.8 Å². The van der Waals surface area contributed by atoms with Crippen LogP contribution in [0.25, 0.3) is 11.8 Å². The Morgan fingerprint density at radius 1 is 1.06 bits per heavy atom. The summed E-state index contributed by atoms with van der Waals surface area (Å²) in [6.45, 7) is 4.40. The Balaban J connectivity index is 1.80. The number of hydrogen-bond acceptors (Lipinski definition) is 7. The molecule has 5 rings (SSSR count). The second-order valence-electron chi connectivity index (χ2n) is 7.95. The molecule has 1 aliphatic rings. The number of carbonyl (C=O) groups excluding carboxylic acids is 1. The van der Waals surface area contributed by atoms with Crippen molar-refractivity contribution >= 4 is 29.1 Å². The van der Waals surface area contributed by atoms with E-state index in [-0.39, 0.29) is 12.2 Å². The largest absolute Gasteiger partial charge is 0.494 e. The average molecular weight is 501 g/mol. The van der Waals surface area contributed by atoms with Gasteiger partial charge in [-0.2, -0.15) is 0 Å². The molecule has 1 aliphatic heterocycles. The number of benzene rings is 2. The fourth-order valence-corrected chi connectivity index (χ4v) is 5.15. The highest BCUT2D eigenvalue weighted by Gasteiger charge is 2.35. The van der Waals surface area contributed by atoms with Crippen molar-refractivity contribution < 1.29 is 18.7 Å². The van der Waals surface area contributed by atoms with Gasteiger partial charge in [-0.05, 0) is 43.7 Å². The van der Waals surface area contributed by atoms with Crippen molar-refractivity contribution in [1.29, 1.82) is 0 Å². The van der Waals surface area contributed by atoms with E-state index in [0.29, 0.717) is 38.7 Å². The highest BCUT2D eigenvalue weighted by Crippen LogP contribution is 2.35. The van der Waals surface area contributed by atoms with E-state index < -0.39 is 12.0 Å². The summed E-state index contributed by atoms with van der Waals surface area (Å²) in [6, 6.07) is 19.7. The summed E-state index contributed by atoms with van der Waals surface area (Å²) in [5.41, 5.74) is 2.04. The van der Waals surface area contributed by atoms with Gasteiger partial charge in [0.15, 0.2) is 4.80 Å². The smallest absolute Gasteiger partial charge is 0.338 e. The second kappa shape index (κ2) is 10.2. The van der Waals surface area contributed by atoms with Crippen LogP contribution in [0.3, 0.4) is 0 Å². The zero-order chi connectivity index (χ0) is 25.1. The predicted molar refractivity (Wildman–Crippen MR) is 137 cm³/mol. The molecule has 1 unspecified atom stereocenters. The van der Waals surface area contributed by atoms with Crippen molar-refractivity contribution in [3.63, 3.8) is 0 Å². The predicted octanol–water partition coefficient (Wildman–Crippen LogP) is 3.93. The summed E-state index contributed by atoms with van der Waals surface area (Å²) in [7, 11) is 0. The summed E-state index contributed by atoms with van der Waals surface area (Å²) >= 11 is 1.25. The van der Waals surface area contributed by atoms with Gasteiger partial charge in [0.05, 0.1) is 41.3 Å². The van der Waals surface area contributed by atoms with E-state index in [1.54, 1.807) is 36.0 Å². The Bertz CT molecular complexity index is 1580. The molecule has 0 bridgehead atoms. The second-order valence-corrected chi connectivity index (χ2v) is 8.96. The van der Waals surface area contributed by atoms with E-state index in [1.165, 1.54) is 11.3 Å². The van der Waals surface area contributed by atoms with Gasteiger partial charge in [-0.3, -0.25) is 9.36 Å². The third kappa shape index (κ3) is 4.43. The normalized spacial score (nSPS) is 15.4. The zero-order valence-corrected chi connectivity index (χ0v) is 20.7. The Morgan fingerprint density at radius 2 is 1.83 bits per heavy atom. The van der Waals surface area contributed by atoms with E-state index >= 15 is 0 Å². The first-order chi connectivity index (χ1) is 17.6. The van der Waals surface area contributed by atoms with Crippen molar-refractivity contribution in [2.75, 3.05) is 13.2 Å². The van der Waals surface area contributed by atoms with Crippen LogP contribution in [0, 0.1) is 0 Å². The number of thiazole rings is 1. The minimum Gasteiger partial charge on any atom is -0.494 e. The van der Waals surface area contributed by atoms with Crippen molar-refractivity contribution in [2.45, 2.75) is 19.9 Å². The molecule has 0 aliphatic carbocycles. The van der Waals surface area contributed by atoms with Crippen LogP contribution >= 0.6 is 11.3 Å². The van der Waals surface area contributed by atoms with Crippen molar-refractivity contribution in [1.82, 2.24) is 4.57 Å². The molecule has 7 nitrogen and oxygen atoms in total. The van der Waals surface area contributed by atoms with Crippen LogP contribution in [-0.4, -0.2) is 23.8 Å². The first-order valence-electron chi connectivity index (χ1n) is 11.7. The lowest BCUT2D eigenvalue weighted by atomic mass is 9.93. The summed E-state index contributed by atoms with van der Waals surface area (Å²) in [5.74, 6) is 0.751. The minimum absolute atomic E-state index is 0.198. The van der Waals surface area contributed by atoms with Gasteiger partial charge in [0.25, 0.3) is 5.56 Å². The third-order valence-corrected chi connectivity index (χ3v) is 6.68. The van der Waals surface area contributed by atoms with Gasteiger partial charge in [-0.1, -0.05) is 53.8 Å². The van der Waals surface area contributed by atoms with Gasteiger partial charge in [-0.15, -0.1) is 0 Å². The molecule has 36 heavy (non-hydrogen) atoms. The molecule has 2 aromatic heterocycles. The summed E-state index contributed by atoms with van der Waals surface area (Å²) in [4.78, 5) is 32.4. The molecule has 0 saturated heterocycles. The Labute approximate surface area is 211 Å². The lowest BCUT2D eigenvalue weighted by Crippen LogP contribution is -2.40. The Kier molecular flexibility index (Phi) is 6.69. The molecule has 0 spiro atoms. The van der Waals surface area contributed by atoms with Gasteiger partial charge in [0, 0.05) is 11.6 Å². The highest BCUT2D eigenvalue weighted by atomic mass is 32.1.